The number of allylic oxidation sites excluding steroid dienone is 2. The second-order valence-electron chi connectivity index (χ2n) is 8.34. The van der Waals surface area contributed by atoms with Gasteiger partial charge in [0.25, 0.3) is 0 Å². The van der Waals surface area contributed by atoms with Crippen LogP contribution in [0.5, 0.6) is 0 Å². The molecule has 0 radical (unpaired) electrons. The Morgan fingerprint density at radius 2 is 2.00 bits per heavy atom. The summed E-state index contributed by atoms with van der Waals surface area (Å²) in [6.45, 7) is 14.0. The molecule has 0 aromatic carbocycles. The first-order valence-electron chi connectivity index (χ1n) is 8.80. The first-order chi connectivity index (χ1) is 10.4. The molecule has 23 heavy (non-hydrogen) atoms. The Labute approximate surface area is 151 Å². The van der Waals surface area contributed by atoms with E-state index in [1.54, 1.807) is 13.0 Å². The van der Waals surface area contributed by atoms with Crippen molar-refractivity contribution in [3.05, 3.63) is 24.3 Å². The van der Waals surface area contributed by atoms with Crippen molar-refractivity contribution in [3.8, 4) is 0 Å². The lowest BCUT2D eigenvalue weighted by Gasteiger charge is -2.53. The summed E-state index contributed by atoms with van der Waals surface area (Å²) in [7, 11) is 0. The van der Waals surface area contributed by atoms with E-state index in [1.165, 1.54) is 5.57 Å². The molecule has 0 aliphatic heterocycles. The minimum Gasteiger partial charge on any atom is -0.390 e. The Hall–Kier alpha value is -0.120. The molecule has 134 valence electrons. The lowest BCUT2D eigenvalue weighted by molar-refractivity contribution is -0.102. The zero-order valence-electron chi connectivity index (χ0n) is 15.5. The van der Waals surface area contributed by atoms with Crippen molar-refractivity contribution in [1.29, 1.82) is 0 Å². The fourth-order valence-corrected chi connectivity index (χ4v) is 4.81. The van der Waals surface area contributed by atoms with Crippen LogP contribution in [0.1, 0.15) is 73.1 Å². The maximum absolute atomic E-state index is 11.0. The highest BCUT2D eigenvalue weighted by molar-refractivity contribution is 9.09. The molecule has 2 nitrogen and oxygen atoms in total. The van der Waals surface area contributed by atoms with Crippen LogP contribution in [0.3, 0.4) is 0 Å². The van der Waals surface area contributed by atoms with Crippen LogP contribution in [0.4, 0.5) is 0 Å². The van der Waals surface area contributed by atoms with Gasteiger partial charge in [-0.2, -0.15) is 0 Å². The molecule has 1 aliphatic rings. The van der Waals surface area contributed by atoms with E-state index < -0.39 is 11.2 Å². The van der Waals surface area contributed by atoms with Crippen molar-refractivity contribution in [2.24, 2.45) is 11.3 Å². The third-order valence-electron chi connectivity index (χ3n) is 5.78. The van der Waals surface area contributed by atoms with E-state index >= 15 is 0 Å². The molecule has 0 amide bonds. The van der Waals surface area contributed by atoms with Crippen LogP contribution in [-0.4, -0.2) is 26.2 Å². The standard InChI is InChI=1S/C20H35BrO2/c1-7-18(4,22)13-10-16-19(5,12-8-9-15(2)3)17(21)11-14-20(16,6)23/h7,9,16-17,22-23H,1,8,10-14H2,2-6H3/t16-,17-,18?,19-,20+/m0/s1. The second kappa shape index (κ2) is 7.84. The van der Waals surface area contributed by atoms with Crippen LogP contribution in [0.15, 0.2) is 24.3 Å². The van der Waals surface area contributed by atoms with Crippen LogP contribution in [0, 0.1) is 11.3 Å². The molecule has 2 N–H and O–H groups in total. The first-order valence-corrected chi connectivity index (χ1v) is 9.72. The molecule has 0 heterocycles. The van der Waals surface area contributed by atoms with E-state index in [0.29, 0.717) is 11.2 Å². The van der Waals surface area contributed by atoms with E-state index in [2.05, 4.69) is 49.4 Å². The molecular formula is C20H35BrO2. The van der Waals surface area contributed by atoms with E-state index in [1.807, 2.05) is 6.92 Å². The molecule has 1 saturated carbocycles. The van der Waals surface area contributed by atoms with Gasteiger partial charge in [0.1, 0.15) is 0 Å². The lowest BCUT2D eigenvalue weighted by Crippen LogP contribution is -2.53. The second-order valence-corrected chi connectivity index (χ2v) is 9.45. The number of hydrogen-bond acceptors (Lipinski definition) is 2. The molecule has 0 aromatic heterocycles. The van der Waals surface area contributed by atoms with Crippen molar-refractivity contribution in [2.75, 3.05) is 0 Å². The third kappa shape index (κ3) is 5.44. The summed E-state index contributed by atoms with van der Waals surface area (Å²) in [6, 6.07) is 0. The molecule has 5 atom stereocenters. The maximum atomic E-state index is 11.0. The summed E-state index contributed by atoms with van der Waals surface area (Å²) in [6.07, 6.45) is 9.21. The van der Waals surface area contributed by atoms with E-state index in [-0.39, 0.29) is 11.3 Å². The minimum absolute atomic E-state index is 0.0188. The van der Waals surface area contributed by atoms with Gasteiger partial charge < -0.3 is 10.2 Å². The molecule has 0 spiro atoms. The average molecular weight is 387 g/mol. The molecule has 3 heteroatoms. The summed E-state index contributed by atoms with van der Waals surface area (Å²) in [4.78, 5) is 0.402. The van der Waals surface area contributed by atoms with Crippen LogP contribution >= 0.6 is 15.9 Å². The largest absolute Gasteiger partial charge is 0.390 e. The van der Waals surface area contributed by atoms with Gasteiger partial charge in [-0.15, -0.1) is 6.58 Å². The molecule has 1 unspecified atom stereocenters. The monoisotopic (exact) mass is 386 g/mol. The molecule has 0 saturated heterocycles. The van der Waals surface area contributed by atoms with Crippen molar-refractivity contribution in [3.63, 3.8) is 0 Å². The molecule has 0 bridgehead atoms. The number of hydrogen-bond donors (Lipinski definition) is 2. The van der Waals surface area contributed by atoms with Crippen LogP contribution < -0.4 is 0 Å². The molecule has 1 aliphatic carbocycles. The third-order valence-corrected chi connectivity index (χ3v) is 7.28. The first kappa shape index (κ1) is 20.9. The van der Waals surface area contributed by atoms with Crippen molar-refractivity contribution < 1.29 is 10.2 Å². The molecular weight excluding hydrogens is 352 g/mol. The lowest BCUT2D eigenvalue weighted by atomic mass is 9.57. The van der Waals surface area contributed by atoms with Crippen LogP contribution in [-0.2, 0) is 0 Å². The topological polar surface area (TPSA) is 40.5 Å². The summed E-state index contributed by atoms with van der Waals surface area (Å²) in [5, 5.41) is 21.3. The number of alkyl halides is 1. The van der Waals surface area contributed by atoms with Gasteiger partial charge in [-0.1, -0.05) is 40.6 Å². The van der Waals surface area contributed by atoms with Gasteiger partial charge in [0.15, 0.2) is 0 Å². The van der Waals surface area contributed by atoms with E-state index in [4.69, 9.17) is 0 Å². The predicted octanol–water partition coefficient (Wildman–Crippen LogP) is 5.38. The predicted molar refractivity (Wildman–Crippen MR) is 103 cm³/mol. The number of halogens is 1. The van der Waals surface area contributed by atoms with Crippen LogP contribution in [0.25, 0.3) is 0 Å². The molecule has 0 aromatic rings. The normalized spacial score (nSPS) is 37.0. The van der Waals surface area contributed by atoms with Gasteiger partial charge in [-0.05, 0) is 77.6 Å². The summed E-state index contributed by atoms with van der Waals surface area (Å²) >= 11 is 3.89. The van der Waals surface area contributed by atoms with Gasteiger partial charge >= 0.3 is 0 Å². The Bertz CT molecular complexity index is 435. The highest BCUT2D eigenvalue weighted by atomic mass is 79.9. The van der Waals surface area contributed by atoms with Crippen molar-refractivity contribution in [1.82, 2.24) is 0 Å². The van der Waals surface area contributed by atoms with E-state index in [9.17, 15) is 10.2 Å². The van der Waals surface area contributed by atoms with Crippen molar-refractivity contribution in [2.45, 2.75) is 89.2 Å². The molecule has 1 rings (SSSR count). The van der Waals surface area contributed by atoms with Crippen molar-refractivity contribution >= 4 is 15.9 Å². The minimum atomic E-state index is -0.865. The Morgan fingerprint density at radius 1 is 1.39 bits per heavy atom. The fraction of sp³-hybridized carbons (Fsp3) is 0.800. The highest BCUT2D eigenvalue weighted by Crippen LogP contribution is 2.54. The Kier molecular flexibility index (Phi) is 7.13. The van der Waals surface area contributed by atoms with Gasteiger partial charge in [0.2, 0.25) is 0 Å². The molecule has 1 fully saturated rings. The van der Waals surface area contributed by atoms with Gasteiger partial charge in [-0.3, -0.25) is 0 Å². The average Bonchev–Trinajstić information content (AvgIpc) is 2.42. The quantitative estimate of drug-likeness (QED) is 0.455. The number of rotatable bonds is 7. The zero-order chi connectivity index (χ0) is 17.9. The maximum Gasteiger partial charge on any atom is 0.0797 e. The smallest absolute Gasteiger partial charge is 0.0797 e. The van der Waals surface area contributed by atoms with Gasteiger partial charge in [-0.25, -0.2) is 0 Å². The summed E-state index contributed by atoms with van der Waals surface area (Å²) < 4.78 is 0. The SMILES string of the molecule is C=CC(C)(O)CC[C@H]1[C@](C)(CCC=C(C)C)[C@@H](Br)CC[C@@]1(C)O. The summed E-state index contributed by atoms with van der Waals surface area (Å²) in [5.41, 5.74) is -0.184. The zero-order valence-corrected chi connectivity index (χ0v) is 17.1. The van der Waals surface area contributed by atoms with Gasteiger partial charge in [0, 0.05) is 4.83 Å². The van der Waals surface area contributed by atoms with Crippen LogP contribution in [0.2, 0.25) is 0 Å². The fourth-order valence-electron chi connectivity index (χ4n) is 4.03. The number of aliphatic hydroxyl groups is 2. The highest BCUT2D eigenvalue weighted by Gasteiger charge is 2.51. The Morgan fingerprint density at radius 3 is 2.52 bits per heavy atom. The van der Waals surface area contributed by atoms with E-state index in [0.717, 1.165) is 32.1 Å². The van der Waals surface area contributed by atoms with Gasteiger partial charge in [0.05, 0.1) is 11.2 Å². The Balaban J connectivity index is 2.98. The summed E-state index contributed by atoms with van der Waals surface area (Å²) in [5.74, 6) is 0.158.